The molecule has 2 aromatic heterocycles. The summed E-state index contributed by atoms with van der Waals surface area (Å²) in [5.74, 6) is -1.85. The third kappa shape index (κ3) is 3.49. The predicted molar refractivity (Wildman–Crippen MR) is 100 cm³/mol. The largest absolute Gasteiger partial charge is 0.323 e. The van der Waals surface area contributed by atoms with Crippen LogP contribution in [0.2, 0.25) is 0 Å². The molecular weight excluding hydrogens is 372 g/mol. The van der Waals surface area contributed by atoms with Gasteiger partial charge in [0.2, 0.25) is 5.91 Å². The molecule has 140 valence electrons. The number of hydrogen-bond acceptors (Lipinski definition) is 4. The maximum Gasteiger partial charge on any atom is 0.262 e. The van der Waals surface area contributed by atoms with Gasteiger partial charge in [-0.1, -0.05) is 0 Å². The van der Waals surface area contributed by atoms with E-state index in [4.69, 9.17) is 0 Å². The molecule has 0 saturated carbocycles. The van der Waals surface area contributed by atoms with Gasteiger partial charge in [-0.05, 0) is 43.4 Å². The van der Waals surface area contributed by atoms with E-state index in [9.17, 15) is 18.4 Å². The fourth-order valence-electron chi connectivity index (χ4n) is 3.37. The van der Waals surface area contributed by atoms with Crippen LogP contribution in [0, 0.1) is 11.6 Å². The molecule has 0 radical (unpaired) electrons. The number of nitrogens with zero attached hydrogens (tertiary/aromatic N) is 2. The van der Waals surface area contributed by atoms with Gasteiger partial charge < -0.3 is 5.32 Å². The monoisotopic (exact) mass is 389 g/mol. The van der Waals surface area contributed by atoms with E-state index in [2.05, 4.69) is 10.3 Å². The molecule has 1 amide bonds. The zero-order valence-electron chi connectivity index (χ0n) is 14.4. The number of carbonyl (C=O) groups is 1. The van der Waals surface area contributed by atoms with E-state index in [1.54, 1.807) is 11.3 Å². The van der Waals surface area contributed by atoms with Crippen LogP contribution in [0.25, 0.3) is 10.2 Å². The third-order valence-corrected chi connectivity index (χ3v) is 5.92. The van der Waals surface area contributed by atoms with E-state index in [0.717, 1.165) is 54.3 Å². The molecular formula is C19H17F2N3O2S. The Morgan fingerprint density at radius 3 is 2.93 bits per heavy atom. The van der Waals surface area contributed by atoms with Crippen LogP contribution in [-0.4, -0.2) is 15.5 Å². The Balaban J connectivity index is 1.52. The number of hydrogen-bond donors (Lipinski definition) is 1. The lowest BCUT2D eigenvalue weighted by molar-refractivity contribution is -0.116. The summed E-state index contributed by atoms with van der Waals surface area (Å²) in [5, 5.41) is 3.00. The van der Waals surface area contributed by atoms with Crippen LogP contribution in [0.15, 0.2) is 29.3 Å². The van der Waals surface area contributed by atoms with E-state index in [1.807, 2.05) is 0 Å². The van der Waals surface area contributed by atoms with Gasteiger partial charge in [0.05, 0.1) is 17.4 Å². The molecule has 0 fully saturated rings. The molecule has 1 N–H and O–H groups in total. The highest BCUT2D eigenvalue weighted by molar-refractivity contribution is 7.18. The van der Waals surface area contributed by atoms with Gasteiger partial charge in [-0.3, -0.25) is 14.2 Å². The minimum Gasteiger partial charge on any atom is -0.323 e. The van der Waals surface area contributed by atoms with Gasteiger partial charge in [0, 0.05) is 23.9 Å². The lowest BCUT2D eigenvalue weighted by Crippen LogP contribution is -2.24. The summed E-state index contributed by atoms with van der Waals surface area (Å²) >= 11 is 1.57. The summed E-state index contributed by atoms with van der Waals surface area (Å²) in [5.41, 5.74) is 0.733. The minimum atomic E-state index is -0.713. The van der Waals surface area contributed by atoms with Crippen molar-refractivity contribution in [1.29, 1.82) is 0 Å². The molecule has 2 heterocycles. The number of anilines is 1. The van der Waals surface area contributed by atoms with Gasteiger partial charge in [0.25, 0.3) is 5.56 Å². The van der Waals surface area contributed by atoms with Crippen molar-refractivity contribution in [2.75, 3.05) is 5.32 Å². The predicted octanol–water partition coefficient (Wildman–Crippen LogP) is 3.64. The maximum absolute atomic E-state index is 13.6. The van der Waals surface area contributed by atoms with Crippen molar-refractivity contribution in [3.63, 3.8) is 0 Å². The van der Waals surface area contributed by atoms with Crippen molar-refractivity contribution in [3.05, 3.63) is 57.0 Å². The highest BCUT2D eigenvalue weighted by atomic mass is 32.1. The number of halogens is 2. The second kappa shape index (κ2) is 7.19. The zero-order chi connectivity index (χ0) is 19.0. The number of thiophene rings is 1. The number of fused-ring (bicyclic) bond motifs is 3. The number of nitrogens with one attached hydrogen (secondary N) is 1. The maximum atomic E-state index is 13.6. The molecule has 0 unspecified atom stereocenters. The quantitative estimate of drug-likeness (QED) is 0.741. The molecule has 0 atom stereocenters. The summed E-state index contributed by atoms with van der Waals surface area (Å²) in [7, 11) is 0. The molecule has 1 aliphatic rings. The van der Waals surface area contributed by atoms with E-state index >= 15 is 0 Å². The van der Waals surface area contributed by atoms with Crippen molar-refractivity contribution in [3.8, 4) is 0 Å². The summed E-state index contributed by atoms with van der Waals surface area (Å²) < 4.78 is 28.2. The normalized spacial score (nSPS) is 13.6. The van der Waals surface area contributed by atoms with Crippen LogP contribution in [0.4, 0.5) is 14.5 Å². The first-order chi connectivity index (χ1) is 13.0. The van der Waals surface area contributed by atoms with E-state index < -0.39 is 17.5 Å². The van der Waals surface area contributed by atoms with Gasteiger partial charge in [0.15, 0.2) is 0 Å². The molecule has 0 saturated heterocycles. The van der Waals surface area contributed by atoms with Crippen LogP contribution in [0.5, 0.6) is 0 Å². The van der Waals surface area contributed by atoms with Crippen LogP contribution in [-0.2, 0) is 24.2 Å². The summed E-state index contributed by atoms with van der Waals surface area (Å²) in [4.78, 5) is 31.2. The smallest absolute Gasteiger partial charge is 0.262 e. The van der Waals surface area contributed by atoms with Crippen LogP contribution in [0.3, 0.4) is 0 Å². The molecule has 1 aliphatic carbocycles. The molecule has 0 spiro atoms. The van der Waals surface area contributed by atoms with Gasteiger partial charge >= 0.3 is 0 Å². The molecule has 8 heteroatoms. The highest BCUT2D eigenvalue weighted by Gasteiger charge is 2.20. The number of amides is 1. The summed E-state index contributed by atoms with van der Waals surface area (Å²) in [6.07, 6.45) is 5.46. The zero-order valence-corrected chi connectivity index (χ0v) is 15.2. The van der Waals surface area contributed by atoms with Gasteiger partial charge in [-0.25, -0.2) is 13.8 Å². The molecule has 5 nitrogen and oxygen atoms in total. The van der Waals surface area contributed by atoms with Crippen molar-refractivity contribution in [2.45, 2.75) is 38.6 Å². The molecule has 4 rings (SSSR count). The van der Waals surface area contributed by atoms with Crippen molar-refractivity contribution >= 4 is 33.1 Å². The Morgan fingerprint density at radius 1 is 1.26 bits per heavy atom. The first kappa shape index (κ1) is 17.8. The highest BCUT2D eigenvalue weighted by Crippen LogP contribution is 2.33. The number of rotatable bonds is 4. The van der Waals surface area contributed by atoms with E-state index in [-0.39, 0.29) is 24.2 Å². The Morgan fingerprint density at radius 2 is 2.07 bits per heavy atom. The van der Waals surface area contributed by atoms with Gasteiger partial charge in [-0.15, -0.1) is 11.3 Å². The Hall–Kier alpha value is -2.61. The Bertz CT molecular complexity index is 1090. The molecule has 0 aliphatic heterocycles. The van der Waals surface area contributed by atoms with E-state index in [1.165, 1.54) is 15.8 Å². The Labute approximate surface area is 157 Å². The van der Waals surface area contributed by atoms with Crippen molar-refractivity contribution in [1.82, 2.24) is 9.55 Å². The second-order valence-electron chi connectivity index (χ2n) is 6.56. The number of carbonyl (C=O) groups excluding carboxylic acids is 1. The standard InChI is InChI=1S/C19H17F2N3O2S/c20-11-5-6-13(21)14(9-11)23-16(25)7-8-24-10-22-18-17(19(24)26)12-3-1-2-4-15(12)27-18/h5-6,9-10H,1-4,7-8H2,(H,23,25). The number of aromatic nitrogens is 2. The summed E-state index contributed by atoms with van der Waals surface area (Å²) in [6.45, 7) is 0.120. The average molecular weight is 389 g/mol. The molecule has 0 bridgehead atoms. The van der Waals surface area contributed by atoms with Crippen LogP contribution >= 0.6 is 11.3 Å². The summed E-state index contributed by atoms with van der Waals surface area (Å²) in [6, 6.07) is 2.85. The van der Waals surface area contributed by atoms with Crippen molar-refractivity contribution < 1.29 is 13.6 Å². The lowest BCUT2D eigenvalue weighted by Gasteiger charge is -2.10. The molecule has 1 aromatic carbocycles. The Kier molecular flexibility index (Phi) is 4.73. The van der Waals surface area contributed by atoms with Crippen molar-refractivity contribution in [2.24, 2.45) is 0 Å². The lowest BCUT2D eigenvalue weighted by atomic mass is 9.97. The fraction of sp³-hybridized carbons (Fsp3) is 0.316. The topological polar surface area (TPSA) is 64.0 Å². The van der Waals surface area contributed by atoms with Crippen LogP contribution < -0.4 is 10.9 Å². The molecule has 27 heavy (non-hydrogen) atoms. The second-order valence-corrected chi connectivity index (χ2v) is 7.64. The number of aryl methyl sites for hydroxylation is 3. The van der Waals surface area contributed by atoms with Gasteiger partial charge in [0.1, 0.15) is 16.5 Å². The SMILES string of the molecule is O=C(CCn1cnc2sc3c(c2c1=O)CCCC3)Nc1cc(F)ccc1F. The van der Waals surface area contributed by atoms with Crippen LogP contribution in [0.1, 0.15) is 29.7 Å². The number of benzene rings is 1. The van der Waals surface area contributed by atoms with Gasteiger partial charge in [-0.2, -0.15) is 0 Å². The fourth-order valence-corrected chi connectivity index (χ4v) is 4.59. The third-order valence-electron chi connectivity index (χ3n) is 4.72. The first-order valence-corrected chi connectivity index (χ1v) is 9.59. The molecule has 3 aromatic rings. The minimum absolute atomic E-state index is 0.0463. The van der Waals surface area contributed by atoms with E-state index in [0.29, 0.717) is 5.39 Å². The average Bonchev–Trinajstić information content (AvgIpc) is 3.03. The first-order valence-electron chi connectivity index (χ1n) is 8.77.